The first kappa shape index (κ1) is 12.3. The minimum Gasteiger partial charge on any atom is -0.494 e. The van der Waals surface area contributed by atoms with Gasteiger partial charge in [-0.1, -0.05) is 6.07 Å². The Balaban J connectivity index is 2.28. The third-order valence-corrected chi connectivity index (χ3v) is 2.64. The van der Waals surface area contributed by atoms with Gasteiger partial charge in [-0.25, -0.2) is 0 Å². The van der Waals surface area contributed by atoms with Crippen molar-refractivity contribution in [2.24, 2.45) is 0 Å². The van der Waals surface area contributed by atoms with Crippen LogP contribution in [-0.2, 0) is 0 Å². The number of benzene rings is 2. The minimum atomic E-state index is 0.602. The maximum atomic E-state index is 5.80. The van der Waals surface area contributed by atoms with E-state index >= 15 is 0 Å². The first-order chi connectivity index (χ1) is 8.58. The van der Waals surface area contributed by atoms with Crippen LogP contribution >= 0.6 is 0 Å². The molecule has 0 aliphatic carbocycles. The molecule has 2 aromatic carbocycles. The predicted molar refractivity (Wildman–Crippen MR) is 73.4 cm³/mol. The second-order valence-electron chi connectivity index (χ2n) is 4.33. The predicted octanol–water partition coefficient (Wildman–Crippen LogP) is 3.69. The molecule has 94 valence electrons. The van der Waals surface area contributed by atoms with Crippen molar-refractivity contribution in [1.82, 2.24) is 0 Å². The molecule has 0 radical (unpaired) electrons. The van der Waals surface area contributed by atoms with E-state index in [9.17, 15) is 0 Å². The Labute approximate surface area is 107 Å². The van der Waals surface area contributed by atoms with E-state index in [-0.39, 0.29) is 0 Å². The monoisotopic (exact) mass is 243 g/mol. The minimum absolute atomic E-state index is 0.602. The van der Waals surface area contributed by atoms with Gasteiger partial charge >= 0.3 is 0 Å². The molecule has 0 saturated carbocycles. The second kappa shape index (κ2) is 5.00. The third kappa shape index (κ3) is 2.74. The molecule has 18 heavy (non-hydrogen) atoms. The summed E-state index contributed by atoms with van der Waals surface area (Å²) in [7, 11) is 1.59. The van der Waals surface area contributed by atoms with Gasteiger partial charge in [0, 0.05) is 6.07 Å². The molecule has 0 amide bonds. The van der Waals surface area contributed by atoms with Gasteiger partial charge in [0.15, 0.2) is 0 Å². The Bertz CT molecular complexity index is 544. The molecule has 0 saturated heterocycles. The fourth-order valence-corrected chi connectivity index (χ4v) is 1.88. The number of hydrogen-bond donors (Lipinski definition) is 1. The van der Waals surface area contributed by atoms with Crippen molar-refractivity contribution in [3.05, 3.63) is 47.5 Å². The molecule has 0 bridgehead atoms. The van der Waals surface area contributed by atoms with Crippen LogP contribution in [0.25, 0.3) is 0 Å². The van der Waals surface area contributed by atoms with E-state index in [4.69, 9.17) is 15.2 Å². The average molecular weight is 243 g/mol. The number of hydrogen-bond acceptors (Lipinski definition) is 3. The van der Waals surface area contributed by atoms with Crippen molar-refractivity contribution >= 4 is 5.69 Å². The lowest BCUT2D eigenvalue weighted by Crippen LogP contribution is -1.93. The maximum Gasteiger partial charge on any atom is 0.145 e. The van der Waals surface area contributed by atoms with Gasteiger partial charge in [-0.05, 0) is 49.2 Å². The quantitative estimate of drug-likeness (QED) is 0.836. The Morgan fingerprint density at radius 1 is 0.889 bits per heavy atom. The van der Waals surface area contributed by atoms with Crippen LogP contribution in [0.4, 0.5) is 5.69 Å². The van der Waals surface area contributed by atoms with E-state index in [0.717, 1.165) is 5.75 Å². The lowest BCUT2D eigenvalue weighted by Gasteiger charge is -2.10. The molecular formula is C15H17NO2. The summed E-state index contributed by atoms with van der Waals surface area (Å²) in [6, 6.07) is 11.5. The van der Waals surface area contributed by atoms with Gasteiger partial charge in [0.2, 0.25) is 0 Å². The molecule has 0 spiro atoms. The van der Waals surface area contributed by atoms with Crippen LogP contribution in [0.2, 0.25) is 0 Å². The first-order valence-corrected chi connectivity index (χ1v) is 5.78. The number of methoxy groups -OCH3 is 1. The number of anilines is 1. The van der Waals surface area contributed by atoms with Crippen molar-refractivity contribution < 1.29 is 9.47 Å². The second-order valence-corrected chi connectivity index (χ2v) is 4.33. The van der Waals surface area contributed by atoms with Crippen molar-refractivity contribution in [3.63, 3.8) is 0 Å². The van der Waals surface area contributed by atoms with Crippen molar-refractivity contribution in [3.8, 4) is 17.2 Å². The summed E-state index contributed by atoms with van der Waals surface area (Å²) in [6.07, 6.45) is 0. The molecule has 2 aromatic rings. The Morgan fingerprint density at radius 2 is 1.56 bits per heavy atom. The van der Waals surface area contributed by atoms with Crippen LogP contribution in [0.1, 0.15) is 11.1 Å². The van der Waals surface area contributed by atoms with Crippen LogP contribution in [0.3, 0.4) is 0 Å². The van der Waals surface area contributed by atoms with Gasteiger partial charge in [-0.15, -0.1) is 0 Å². The molecular weight excluding hydrogens is 226 g/mol. The summed E-state index contributed by atoms with van der Waals surface area (Å²) in [5.41, 5.74) is 8.71. The maximum absolute atomic E-state index is 5.80. The van der Waals surface area contributed by atoms with Crippen LogP contribution in [0, 0.1) is 13.8 Å². The first-order valence-electron chi connectivity index (χ1n) is 5.78. The normalized spacial score (nSPS) is 10.2. The molecule has 3 nitrogen and oxygen atoms in total. The van der Waals surface area contributed by atoms with Gasteiger partial charge in [0.05, 0.1) is 12.8 Å². The zero-order chi connectivity index (χ0) is 13.1. The summed E-state index contributed by atoms with van der Waals surface area (Å²) < 4.78 is 11.0. The van der Waals surface area contributed by atoms with Gasteiger partial charge < -0.3 is 15.2 Å². The lowest BCUT2D eigenvalue weighted by molar-refractivity contribution is 0.411. The fraction of sp³-hybridized carbons (Fsp3) is 0.200. The fourth-order valence-electron chi connectivity index (χ4n) is 1.88. The van der Waals surface area contributed by atoms with Gasteiger partial charge in [-0.2, -0.15) is 0 Å². The molecule has 2 N–H and O–H groups in total. The number of aryl methyl sites for hydroxylation is 2. The van der Waals surface area contributed by atoms with Crippen LogP contribution < -0.4 is 15.2 Å². The molecule has 2 rings (SSSR count). The van der Waals surface area contributed by atoms with Crippen LogP contribution in [0.5, 0.6) is 17.2 Å². The zero-order valence-corrected chi connectivity index (χ0v) is 10.9. The van der Waals surface area contributed by atoms with Crippen LogP contribution in [-0.4, -0.2) is 7.11 Å². The SMILES string of the molecule is COc1cc(Oc2cc(C)cc(C)c2)ccc1N. The number of ether oxygens (including phenoxy) is 2. The van der Waals surface area contributed by atoms with Crippen LogP contribution in [0.15, 0.2) is 36.4 Å². The smallest absolute Gasteiger partial charge is 0.145 e. The molecule has 0 heterocycles. The van der Waals surface area contributed by atoms with Crippen molar-refractivity contribution in [2.75, 3.05) is 12.8 Å². The van der Waals surface area contributed by atoms with E-state index in [2.05, 4.69) is 6.07 Å². The highest BCUT2D eigenvalue weighted by molar-refractivity contribution is 5.56. The van der Waals surface area contributed by atoms with Gasteiger partial charge in [0.25, 0.3) is 0 Å². The third-order valence-electron chi connectivity index (χ3n) is 2.64. The topological polar surface area (TPSA) is 44.5 Å². The van der Waals surface area contributed by atoms with E-state index in [1.165, 1.54) is 11.1 Å². The summed E-state index contributed by atoms with van der Waals surface area (Å²) in [4.78, 5) is 0. The Kier molecular flexibility index (Phi) is 3.42. The molecule has 0 aliphatic heterocycles. The average Bonchev–Trinajstić information content (AvgIpc) is 2.30. The lowest BCUT2D eigenvalue weighted by atomic mass is 10.1. The summed E-state index contributed by atoms with van der Waals surface area (Å²) in [6.45, 7) is 4.09. The highest BCUT2D eigenvalue weighted by Gasteiger charge is 2.04. The summed E-state index contributed by atoms with van der Waals surface area (Å²) in [5, 5.41) is 0. The Morgan fingerprint density at radius 3 is 2.17 bits per heavy atom. The summed E-state index contributed by atoms with van der Waals surface area (Å²) >= 11 is 0. The number of nitrogens with two attached hydrogens (primary N) is 1. The summed E-state index contributed by atoms with van der Waals surface area (Å²) in [5.74, 6) is 2.15. The molecule has 0 fully saturated rings. The van der Waals surface area contributed by atoms with Crippen molar-refractivity contribution in [1.29, 1.82) is 0 Å². The molecule has 3 heteroatoms. The van der Waals surface area contributed by atoms with Gasteiger partial charge in [0.1, 0.15) is 17.2 Å². The standard InChI is InChI=1S/C15H17NO2/c1-10-6-11(2)8-13(7-10)18-12-4-5-14(16)15(9-12)17-3/h4-9H,16H2,1-3H3. The van der Waals surface area contributed by atoms with E-state index in [0.29, 0.717) is 17.2 Å². The molecule has 0 unspecified atom stereocenters. The van der Waals surface area contributed by atoms with Gasteiger partial charge in [-0.3, -0.25) is 0 Å². The highest BCUT2D eigenvalue weighted by Crippen LogP contribution is 2.30. The molecule has 0 aliphatic rings. The zero-order valence-electron chi connectivity index (χ0n) is 10.9. The Hall–Kier alpha value is -2.16. The number of nitrogen functional groups attached to an aromatic ring is 1. The van der Waals surface area contributed by atoms with E-state index < -0.39 is 0 Å². The van der Waals surface area contributed by atoms with E-state index in [1.807, 2.05) is 32.0 Å². The van der Waals surface area contributed by atoms with Crippen molar-refractivity contribution in [2.45, 2.75) is 13.8 Å². The molecule has 0 aromatic heterocycles. The highest BCUT2D eigenvalue weighted by atomic mass is 16.5. The van der Waals surface area contributed by atoms with E-state index in [1.54, 1.807) is 19.2 Å². The number of rotatable bonds is 3. The largest absolute Gasteiger partial charge is 0.494 e. The molecule has 0 atom stereocenters.